The third-order valence-corrected chi connectivity index (χ3v) is 3.23. The average Bonchev–Trinajstić information content (AvgIpc) is 2.40. The highest BCUT2D eigenvalue weighted by Crippen LogP contribution is 2.11. The summed E-state index contributed by atoms with van der Waals surface area (Å²) in [4.78, 5) is 11.6. The zero-order valence-corrected chi connectivity index (χ0v) is 10.8. The van der Waals surface area contributed by atoms with Gasteiger partial charge in [-0.25, -0.2) is 0 Å². The quantitative estimate of drug-likeness (QED) is 0.807. The lowest BCUT2D eigenvalue weighted by atomic mass is 10.1. The van der Waals surface area contributed by atoms with Crippen molar-refractivity contribution in [2.45, 2.75) is 25.4 Å². The van der Waals surface area contributed by atoms with Crippen LogP contribution >= 0.6 is 0 Å². The summed E-state index contributed by atoms with van der Waals surface area (Å²) in [5, 5.41) is 6.82. The lowest BCUT2D eigenvalue weighted by Crippen LogP contribution is -2.35. The van der Waals surface area contributed by atoms with E-state index in [1.165, 1.54) is 0 Å². The van der Waals surface area contributed by atoms with Gasteiger partial charge in [0, 0.05) is 32.0 Å². The summed E-state index contributed by atoms with van der Waals surface area (Å²) in [6.07, 6.45) is 4.12. The Kier molecular flexibility index (Phi) is 4.78. The Bertz CT molecular complexity index is 424. The molecule has 2 rings (SSSR count). The van der Waals surface area contributed by atoms with E-state index in [2.05, 4.69) is 10.6 Å². The maximum atomic E-state index is 11.6. The van der Waals surface area contributed by atoms with Crippen LogP contribution < -0.4 is 16.2 Å². The number of piperidine rings is 1. The summed E-state index contributed by atoms with van der Waals surface area (Å²) in [7, 11) is 1.64. The van der Waals surface area contributed by atoms with Gasteiger partial charge in [0.25, 0.3) is 5.56 Å². The van der Waals surface area contributed by atoms with Gasteiger partial charge in [0.05, 0.1) is 12.3 Å². The van der Waals surface area contributed by atoms with E-state index in [4.69, 9.17) is 4.74 Å². The molecule has 0 bridgehead atoms. The highest BCUT2D eigenvalue weighted by Gasteiger charge is 2.12. The lowest BCUT2D eigenvalue weighted by Gasteiger charge is -2.24. The summed E-state index contributed by atoms with van der Waals surface area (Å²) >= 11 is 0. The van der Waals surface area contributed by atoms with Crippen molar-refractivity contribution >= 4 is 5.69 Å². The Morgan fingerprint density at radius 2 is 2.22 bits per heavy atom. The highest BCUT2D eigenvalue weighted by atomic mass is 16.5. The minimum Gasteiger partial charge on any atom is -0.383 e. The second-order valence-corrected chi connectivity index (χ2v) is 4.61. The normalized spacial score (nSPS) is 16.7. The topological polar surface area (TPSA) is 55.3 Å². The van der Waals surface area contributed by atoms with Gasteiger partial charge in [-0.3, -0.25) is 4.79 Å². The van der Waals surface area contributed by atoms with E-state index in [9.17, 15) is 4.79 Å². The van der Waals surface area contributed by atoms with E-state index in [1.807, 2.05) is 12.3 Å². The fourth-order valence-corrected chi connectivity index (χ4v) is 2.18. The molecule has 1 saturated heterocycles. The monoisotopic (exact) mass is 251 g/mol. The fourth-order valence-electron chi connectivity index (χ4n) is 2.18. The van der Waals surface area contributed by atoms with Crippen LogP contribution in [0.15, 0.2) is 23.1 Å². The Labute approximate surface area is 107 Å². The number of hydrogen-bond donors (Lipinski definition) is 2. The average molecular weight is 251 g/mol. The van der Waals surface area contributed by atoms with E-state index >= 15 is 0 Å². The van der Waals surface area contributed by atoms with Crippen molar-refractivity contribution in [3.8, 4) is 0 Å². The third kappa shape index (κ3) is 3.58. The zero-order chi connectivity index (χ0) is 12.8. The van der Waals surface area contributed by atoms with Gasteiger partial charge >= 0.3 is 0 Å². The van der Waals surface area contributed by atoms with Crippen molar-refractivity contribution in [3.05, 3.63) is 28.7 Å². The molecule has 5 heteroatoms. The van der Waals surface area contributed by atoms with Gasteiger partial charge in [0.1, 0.15) is 0 Å². The second kappa shape index (κ2) is 6.56. The van der Waals surface area contributed by atoms with Crippen LogP contribution in [0.2, 0.25) is 0 Å². The Morgan fingerprint density at radius 3 is 2.94 bits per heavy atom. The first-order valence-corrected chi connectivity index (χ1v) is 6.46. The van der Waals surface area contributed by atoms with Gasteiger partial charge in [-0.15, -0.1) is 0 Å². The van der Waals surface area contributed by atoms with Crippen molar-refractivity contribution in [3.63, 3.8) is 0 Å². The molecule has 1 aliphatic rings. The van der Waals surface area contributed by atoms with Gasteiger partial charge in [0.15, 0.2) is 0 Å². The van der Waals surface area contributed by atoms with Crippen molar-refractivity contribution < 1.29 is 4.74 Å². The Balaban J connectivity index is 2.01. The first-order chi connectivity index (χ1) is 8.79. The number of anilines is 1. The number of nitrogens with zero attached hydrogens (tertiary/aromatic N) is 1. The maximum Gasteiger partial charge on any atom is 0.250 e. The molecule has 1 aromatic rings. The lowest BCUT2D eigenvalue weighted by molar-refractivity contribution is 0.186. The molecule has 2 heterocycles. The maximum absolute atomic E-state index is 11.6. The zero-order valence-electron chi connectivity index (χ0n) is 10.8. The van der Waals surface area contributed by atoms with Crippen LogP contribution in [0.3, 0.4) is 0 Å². The Hall–Kier alpha value is -1.33. The van der Waals surface area contributed by atoms with Crippen molar-refractivity contribution in [1.82, 2.24) is 9.88 Å². The summed E-state index contributed by atoms with van der Waals surface area (Å²) in [5.41, 5.74) is 1.03. The summed E-state index contributed by atoms with van der Waals surface area (Å²) in [6.45, 7) is 3.26. The predicted octanol–water partition coefficient (Wildman–Crippen LogP) is 0.659. The molecule has 0 aliphatic carbocycles. The number of nitrogens with one attached hydrogen (secondary N) is 2. The number of rotatable bonds is 5. The molecular formula is C13H21N3O2. The summed E-state index contributed by atoms with van der Waals surface area (Å²) in [5.74, 6) is 0. The summed E-state index contributed by atoms with van der Waals surface area (Å²) in [6, 6.07) is 3.96. The van der Waals surface area contributed by atoms with E-state index in [0.29, 0.717) is 19.2 Å². The highest BCUT2D eigenvalue weighted by molar-refractivity contribution is 5.41. The van der Waals surface area contributed by atoms with Crippen LogP contribution in [0.5, 0.6) is 0 Å². The molecule has 0 saturated carbocycles. The molecule has 0 spiro atoms. The molecule has 0 aromatic carbocycles. The molecule has 0 unspecified atom stereocenters. The van der Waals surface area contributed by atoms with Crippen molar-refractivity contribution in [2.75, 3.05) is 32.1 Å². The van der Waals surface area contributed by atoms with E-state index < -0.39 is 0 Å². The molecule has 1 aliphatic heterocycles. The molecule has 1 aromatic heterocycles. The fraction of sp³-hybridized carbons (Fsp3) is 0.615. The molecule has 100 valence electrons. The van der Waals surface area contributed by atoms with E-state index in [-0.39, 0.29) is 5.56 Å². The third-order valence-electron chi connectivity index (χ3n) is 3.23. The van der Waals surface area contributed by atoms with Crippen LogP contribution in [-0.4, -0.2) is 37.4 Å². The smallest absolute Gasteiger partial charge is 0.250 e. The van der Waals surface area contributed by atoms with Crippen molar-refractivity contribution in [1.29, 1.82) is 0 Å². The van der Waals surface area contributed by atoms with Crippen LogP contribution in [0.4, 0.5) is 5.69 Å². The second-order valence-electron chi connectivity index (χ2n) is 4.61. The van der Waals surface area contributed by atoms with Crippen LogP contribution in [0, 0.1) is 0 Å². The number of ether oxygens (including phenoxy) is 1. The van der Waals surface area contributed by atoms with Gasteiger partial charge < -0.3 is 19.9 Å². The van der Waals surface area contributed by atoms with E-state index in [0.717, 1.165) is 31.6 Å². The molecule has 2 N–H and O–H groups in total. The molecular weight excluding hydrogens is 230 g/mol. The van der Waals surface area contributed by atoms with Crippen LogP contribution in [0.25, 0.3) is 0 Å². The Morgan fingerprint density at radius 1 is 1.44 bits per heavy atom. The number of methoxy groups -OCH3 is 1. The molecule has 1 fully saturated rings. The molecule has 0 radical (unpaired) electrons. The molecule has 0 atom stereocenters. The van der Waals surface area contributed by atoms with E-state index in [1.54, 1.807) is 17.7 Å². The minimum atomic E-state index is 0.0166. The summed E-state index contributed by atoms with van der Waals surface area (Å²) < 4.78 is 6.69. The standard InChI is InChI=1S/C13H21N3O2/c1-18-9-8-16-10-12(2-3-13(16)17)15-11-4-6-14-7-5-11/h2-3,10-11,14-15H,4-9H2,1H3. The number of aromatic nitrogens is 1. The predicted molar refractivity (Wildman–Crippen MR) is 72.1 cm³/mol. The first-order valence-electron chi connectivity index (χ1n) is 6.46. The van der Waals surface area contributed by atoms with Gasteiger partial charge in [-0.1, -0.05) is 0 Å². The number of hydrogen-bond acceptors (Lipinski definition) is 4. The molecule has 18 heavy (non-hydrogen) atoms. The number of pyridine rings is 1. The van der Waals surface area contributed by atoms with Gasteiger partial charge in [-0.05, 0) is 32.0 Å². The SMILES string of the molecule is COCCn1cc(NC2CCNCC2)ccc1=O. The first kappa shape index (κ1) is 13.1. The van der Waals surface area contributed by atoms with Gasteiger partial charge in [0.2, 0.25) is 0 Å². The van der Waals surface area contributed by atoms with Crippen LogP contribution in [0.1, 0.15) is 12.8 Å². The molecule has 0 amide bonds. The molecule has 5 nitrogen and oxygen atoms in total. The minimum absolute atomic E-state index is 0.0166. The van der Waals surface area contributed by atoms with Crippen molar-refractivity contribution in [2.24, 2.45) is 0 Å². The largest absolute Gasteiger partial charge is 0.383 e. The van der Waals surface area contributed by atoms with Gasteiger partial charge in [-0.2, -0.15) is 0 Å². The van der Waals surface area contributed by atoms with Crippen LogP contribution in [-0.2, 0) is 11.3 Å².